The molecule has 0 fully saturated rings. The van der Waals surface area contributed by atoms with Gasteiger partial charge in [0, 0.05) is 54.4 Å². The maximum absolute atomic E-state index is 14.8. The Kier molecular flexibility index (Phi) is 7.39. The van der Waals surface area contributed by atoms with E-state index in [-0.39, 0.29) is 5.69 Å². The molecule has 0 saturated heterocycles. The van der Waals surface area contributed by atoms with E-state index in [2.05, 4.69) is 30.7 Å². The number of benzene rings is 2. The van der Waals surface area contributed by atoms with Gasteiger partial charge in [-0.1, -0.05) is 0 Å². The van der Waals surface area contributed by atoms with Gasteiger partial charge >= 0.3 is 0 Å². The zero-order valence-electron chi connectivity index (χ0n) is 23.6. The Morgan fingerprint density at radius 1 is 1.02 bits per heavy atom. The number of hydrogen-bond acceptors (Lipinski definition) is 8. The van der Waals surface area contributed by atoms with Crippen LogP contribution in [0.3, 0.4) is 0 Å². The predicted molar refractivity (Wildman–Crippen MR) is 161 cm³/mol. The van der Waals surface area contributed by atoms with Crippen molar-refractivity contribution < 1.29 is 18.7 Å². The molecule has 0 spiro atoms. The minimum Gasteiger partial charge on any atom is -0.492 e. The maximum Gasteiger partial charge on any atom is 0.284 e. The van der Waals surface area contributed by atoms with Gasteiger partial charge in [-0.25, -0.2) is 23.9 Å². The molecule has 0 atom stereocenters. The number of nitrogens with one attached hydrogen (secondary N) is 2. The maximum atomic E-state index is 14.8. The Morgan fingerprint density at radius 3 is 2.70 bits per heavy atom. The fraction of sp³-hybridized carbons (Fsp3) is 0.129. The molecule has 6 rings (SSSR count). The fourth-order valence-corrected chi connectivity index (χ4v) is 4.52. The molecule has 0 radical (unpaired) electrons. The van der Waals surface area contributed by atoms with E-state index in [0.717, 1.165) is 11.3 Å². The molecule has 6 aromatic rings. The van der Waals surface area contributed by atoms with Crippen molar-refractivity contribution in [1.29, 1.82) is 0 Å². The molecule has 12 heteroatoms. The number of fused-ring (bicyclic) bond motifs is 2. The number of amides is 1. The van der Waals surface area contributed by atoms with Crippen LogP contribution in [0.1, 0.15) is 18.2 Å². The van der Waals surface area contributed by atoms with Crippen LogP contribution in [-0.2, 0) is 11.8 Å². The van der Waals surface area contributed by atoms with E-state index in [9.17, 15) is 9.18 Å². The Hall–Kier alpha value is -5.78. The molecule has 4 aromatic heterocycles. The highest BCUT2D eigenvalue weighted by atomic mass is 19.1. The van der Waals surface area contributed by atoms with Gasteiger partial charge < -0.3 is 24.7 Å². The smallest absolute Gasteiger partial charge is 0.284 e. The first kappa shape index (κ1) is 27.4. The van der Waals surface area contributed by atoms with Gasteiger partial charge in [-0.15, -0.1) is 0 Å². The SMILES string of the molecule is CCOc1cc2ncnc(Nc3ccc(Oc4ccn5ncnc5c4)c(C)c3)c2cc1NC(=O)/C(F)=C\c1cccn1C. The standard InChI is InChI=1S/C31H27FN8O3/c1-4-42-28-16-25-23(15-26(28)38-31(41)24(32)13-21-6-5-10-39(21)3)30(35-17-33-25)37-20-7-8-27(19(2)12-20)43-22-9-11-40-29(14-22)34-18-36-40/h5-18H,4H2,1-3H3,(H,38,41)(H,33,35,37)/b24-13+. The number of carbonyl (C=O) groups excluding carboxylic acids is 1. The van der Waals surface area contributed by atoms with Crippen molar-refractivity contribution in [2.24, 2.45) is 7.05 Å². The van der Waals surface area contributed by atoms with Crippen molar-refractivity contribution in [1.82, 2.24) is 29.1 Å². The van der Waals surface area contributed by atoms with Crippen LogP contribution in [0, 0.1) is 6.92 Å². The Bertz CT molecular complexity index is 2000. The highest BCUT2D eigenvalue weighted by Gasteiger charge is 2.17. The van der Waals surface area contributed by atoms with Crippen LogP contribution in [-0.4, -0.2) is 41.6 Å². The summed E-state index contributed by atoms with van der Waals surface area (Å²) in [6.45, 7) is 4.10. The lowest BCUT2D eigenvalue weighted by Gasteiger charge is -2.15. The van der Waals surface area contributed by atoms with Crippen LogP contribution in [0.5, 0.6) is 17.2 Å². The van der Waals surface area contributed by atoms with Crippen LogP contribution in [0.25, 0.3) is 22.6 Å². The monoisotopic (exact) mass is 578 g/mol. The molecule has 43 heavy (non-hydrogen) atoms. The van der Waals surface area contributed by atoms with Gasteiger partial charge in [0.05, 0.1) is 17.8 Å². The second kappa shape index (κ2) is 11.6. The molecule has 0 aliphatic rings. The third-order valence-corrected chi connectivity index (χ3v) is 6.68. The van der Waals surface area contributed by atoms with Crippen molar-refractivity contribution in [2.45, 2.75) is 13.8 Å². The zero-order chi connectivity index (χ0) is 29.9. The van der Waals surface area contributed by atoms with Crippen molar-refractivity contribution in [3.05, 3.63) is 96.7 Å². The number of aromatic nitrogens is 6. The molecular formula is C31H27FN8O3. The molecule has 0 bridgehead atoms. The van der Waals surface area contributed by atoms with Crippen LogP contribution < -0.4 is 20.1 Å². The molecule has 4 heterocycles. The van der Waals surface area contributed by atoms with Crippen LogP contribution in [0.15, 0.2) is 85.5 Å². The molecule has 1 amide bonds. The lowest BCUT2D eigenvalue weighted by atomic mass is 10.1. The van der Waals surface area contributed by atoms with Crippen LogP contribution in [0.2, 0.25) is 0 Å². The molecular weight excluding hydrogens is 551 g/mol. The number of ether oxygens (including phenoxy) is 2. The number of hydrogen-bond donors (Lipinski definition) is 2. The topological polar surface area (TPSA) is 120 Å². The first-order valence-electron chi connectivity index (χ1n) is 13.4. The molecule has 0 unspecified atom stereocenters. The largest absolute Gasteiger partial charge is 0.492 e. The number of nitrogens with zero attached hydrogens (tertiary/aromatic N) is 6. The number of rotatable bonds is 9. The average molecular weight is 579 g/mol. The van der Waals surface area contributed by atoms with Crippen molar-refractivity contribution in [3.63, 3.8) is 0 Å². The quantitative estimate of drug-likeness (QED) is 0.195. The highest BCUT2D eigenvalue weighted by Crippen LogP contribution is 2.35. The van der Waals surface area contributed by atoms with Crippen LogP contribution in [0.4, 0.5) is 21.6 Å². The number of aryl methyl sites for hydroxylation is 2. The summed E-state index contributed by atoms with van der Waals surface area (Å²) in [7, 11) is 1.77. The fourth-order valence-electron chi connectivity index (χ4n) is 4.52. The van der Waals surface area contributed by atoms with E-state index in [4.69, 9.17) is 9.47 Å². The van der Waals surface area contributed by atoms with E-state index in [1.807, 2.05) is 44.2 Å². The van der Waals surface area contributed by atoms with E-state index in [0.29, 0.717) is 51.9 Å². The number of halogens is 1. The lowest BCUT2D eigenvalue weighted by Crippen LogP contribution is -2.13. The third kappa shape index (κ3) is 5.84. The van der Waals surface area contributed by atoms with E-state index in [1.165, 1.54) is 18.7 Å². The Labute approximate surface area is 245 Å². The van der Waals surface area contributed by atoms with Crippen molar-refractivity contribution in [2.75, 3.05) is 17.2 Å². The summed E-state index contributed by atoms with van der Waals surface area (Å²) >= 11 is 0. The molecule has 0 aliphatic heterocycles. The first-order chi connectivity index (χ1) is 20.9. The zero-order valence-corrected chi connectivity index (χ0v) is 23.6. The van der Waals surface area contributed by atoms with E-state index >= 15 is 0 Å². The highest BCUT2D eigenvalue weighted by molar-refractivity contribution is 6.07. The minimum atomic E-state index is -0.939. The van der Waals surface area contributed by atoms with E-state index in [1.54, 1.807) is 52.8 Å². The Balaban J connectivity index is 1.26. The third-order valence-electron chi connectivity index (χ3n) is 6.68. The van der Waals surface area contributed by atoms with Crippen molar-refractivity contribution >= 4 is 45.7 Å². The minimum absolute atomic E-state index is 0.289. The molecule has 2 aromatic carbocycles. The van der Waals surface area contributed by atoms with Gasteiger partial charge in [-0.3, -0.25) is 4.79 Å². The first-order valence-corrected chi connectivity index (χ1v) is 13.4. The molecule has 0 aliphatic carbocycles. The predicted octanol–water partition coefficient (Wildman–Crippen LogP) is 6.20. The number of carbonyl (C=O) groups is 1. The van der Waals surface area contributed by atoms with Gasteiger partial charge in [0.25, 0.3) is 5.91 Å². The summed E-state index contributed by atoms with van der Waals surface area (Å²) in [5.74, 6) is 0.336. The Morgan fingerprint density at radius 2 is 1.91 bits per heavy atom. The van der Waals surface area contributed by atoms with Gasteiger partial charge in [0.15, 0.2) is 11.5 Å². The summed E-state index contributed by atoms with van der Waals surface area (Å²) < 4.78 is 30.0. The molecule has 11 nitrogen and oxygen atoms in total. The second-order valence-electron chi connectivity index (χ2n) is 9.64. The molecule has 0 saturated carbocycles. The summed E-state index contributed by atoms with van der Waals surface area (Å²) in [5.41, 5.74) is 3.75. The summed E-state index contributed by atoms with van der Waals surface area (Å²) in [4.78, 5) is 25.8. The summed E-state index contributed by atoms with van der Waals surface area (Å²) in [5, 5.41) is 10.7. The van der Waals surface area contributed by atoms with Gasteiger partial charge in [0.1, 0.15) is 35.7 Å². The van der Waals surface area contributed by atoms with Gasteiger partial charge in [-0.05, 0) is 61.9 Å². The molecule has 2 N–H and O–H groups in total. The lowest BCUT2D eigenvalue weighted by molar-refractivity contribution is -0.114. The van der Waals surface area contributed by atoms with E-state index < -0.39 is 11.7 Å². The van der Waals surface area contributed by atoms with Crippen molar-refractivity contribution in [3.8, 4) is 17.2 Å². The number of anilines is 3. The average Bonchev–Trinajstić information content (AvgIpc) is 3.63. The van der Waals surface area contributed by atoms with Crippen LogP contribution >= 0.6 is 0 Å². The van der Waals surface area contributed by atoms with Gasteiger partial charge in [0.2, 0.25) is 0 Å². The summed E-state index contributed by atoms with van der Waals surface area (Å²) in [6, 6.07) is 16.1. The molecule has 216 valence electrons. The summed E-state index contributed by atoms with van der Waals surface area (Å²) in [6.07, 6.45) is 7.65. The number of pyridine rings is 1. The normalized spacial score (nSPS) is 11.6. The second-order valence-corrected chi connectivity index (χ2v) is 9.64. The van der Waals surface area contributed by atoms with Gasteiger partial charge in [-0.2, -0.15) is 5.10 Å².